The number of nitrogens with zero attached hydrogens (tertiary/aromatic N) is 2. The molecule has 0 aliphatic heterocycles. The van der Waals surface area contributed by atoms with E-state index in [9.17, 15) is 4.79 Å². The molecule has 4 heteroatoms. The Morgan fingerprint density at radius 1 is 0.905 bits per heavy atom. The van der Waals surface area contributed by atoms with Crippen LogP contribution >= 0.6 is 0 Å². The molecule has 2 aromatic heterocycles. The average molecular weight is 279 g/mol. The molecule has 0 saturated heterocycles. The molecule has 0 saturated carbocycles. The van der Waals surface area contributed by atoms with E-state index < -0.39 is 0 Å². The fourth-order valence-corrected chi connectivity index (χ4v) is 2.21. The Balaban J connectivity index is 1.57. The van der Waals surface area contributed by atoms with Crippen molar-refractivity contribution >= 4 is 5.91 Å². The van der Waals surface area contributed by atoms with E-state index in [2.05, 4.69) is 5.32 Å². The molecule has 106 valence electrons. The van der Waals surface area contributed by atoms with Gasteiger partial charge in [0.2, 0.25) is 0 Å². The Morgan fingerprint density at radius 2 is 1.52 bits per heavy atom. The molecule has 0 unspecified atom stereocenters. The van der Waals surface area contributed by atoms with Gasteiger partial charge in [-0.1, -0.05) is 0 Å². The lowest BCUT2D eigenvalue weighted by Crippen LogP contribution is -2.26. The topological polar surface area (TPSA) is 39.0 Å². The van der Waals surface area contributed by atoms with Gasteiger partial charge in [-0.2, -0.15) is 0 Å². The minimum absolute atomic E-state index is 0.0405. The summed E-state index contributed by atoms with van der Waals surface area (Å²) in [6.45, 7) is 1.40. The van der Waals surface area contributed by atoms with Gasteiger partial charge in [-0.3, -0.25) is 4.79 Å². The first kappa shape index (κ1) is 13.2. The predicted molar refractivity (Wildman–Crippen MR) is 82.5 cm³/mol. The third-order valence-corrected chi connectivity index (χ3v) is 3.35. The van der Waals surface area contributed by atoms with Gasteiger partial charge in [-0.05, 0) is 48.5 Å². The molecule has 0 aliphatic rings. The van der Waals surface area contributed by atoms with Crippen LogP contribution < -0.4 is 5.32 Å². The number of amides is 1. The first-order valence-electron chi connectivity index (χ1n) is 6.95. The summed E-state index contributed by atoms with van der Waals surface area (Å²) < 4.78 is 4.04. The number of benzene rings is 1. The molecule has 4 nitrogen and oxygen atoms in total. The van der Waals surface area contributed by atoms with Gasteiger partial charge in [0, 0.05) is 49.1 Å². The monoisotopic (exact) mass is 279 g/mol. The minimum Gasteiger partial charge on any atom is -0.353 e. The highest BCUT2D eigenvalue weighted by Gasteiger charge is 2.04. The van der Waals surface area contributed by atoms with Crippen LogP contribution in [-0.4, -0.2) is 21.6 Å². The Morgan fingerprint density at radius 3 is 2.19 bits per heavy atom. The van der Waals surface area contributed by atoms with Gasteiger partial charge in [0.15, 0.2) is 0 Å². The number of carbonyl (C=O) groups excluding carboxylic acids is 1. The van der Waals surface area contributed by atoms with Crippen LogP contribution in [0.1, 0.15) is 10.4 Å². The van der Waals surface area contributed by atoms with Crippen molar-refractivity contribution in [1.82, 2.24) is 14.5 Å². The van der Waals surface area contributed by atoms with Gasteiger partial charge in [0.05, 0.1) is 0 Å². The first-order valence-corrected chi connectivity index (χ1v) is 6.95. The Hall–Kier alpha value is -2.75. The molecule has 1 amide bonds. The molecule has 1 aromatic carbocycles. The lowest BCUT2D eigenvalue weighted by Gasteiger charge is -2.07. The summed E-state index contributed by atoms with van der Waals surface area (Å²) in [4.78, 5) is 12.0. The Bertz CT molecular complexity index is 682. The van der Waals surface area contributed by atoms with Gasteiger partial charge in [-0.25, -0.2) is 0 Å². The van der Waals surface area contributed by atoms with Gasteiger partial charge in [0.1, 0.15) is 0 Å². The maximum atomic E-state index is 12.0. The highest BCUT2D eigenvalue weighted by Crippen LogP contribution is 2.09. The number of carbonyl (C=O) groups is 1. The molecule has 0 atom stereocenters. The van der Waals surface area contributed by atoms with Crippen molar-refractivity contribution in [2.45, 2.75) is 6.54 Å². The van der Waals surface area contributed by atoms with E-state index in [0.29, 0.717) is 12.1 Å². The summed E-state index contributed by atoms with van der Waals surface area (Å²) >= 11 is 0. The molecule has 0 aliphatic carbocycles. The number of hydrogen-bond donors (Lipinski definition) is 1. The van der Waals surface area contributed by atoms with Gasteiger partial charge in [-0.15, -0.1) is 0 Å². The van der Waals surface area contributed by atoms with Crippen LogP contribution in [0, 0.1) is 0 Å². The van der Waals surface area contributed by atoms with Crippen molar-refractivity contribution in [3.8, 4) is 5.69 Å². The lowest BCUT2D eigenvalue weighted by atomic mass is 10.2. The summed E-state index contributed by atoms with van der Waals surface area (Å²) in [7, 11) is 0. The molecular formula is C17H17N3O. The van der Waals surface area contributed by atoms with E-state index in [-0.39, 0.29) is 5.91 Å². The zero-order valence-corrected chi connectivity index (χ0v) is 11.6. The predicted octanol–water partition coefficient (Wildman–Crippen LogP) is 2.71. The smallest absolute Gasteiger partial charge is 0.251 e. The van der Waals surface area contributed by atoms with Crippen LogP contribution in [0.4, 0.5) is 0 Å². The number of nitrogens with one attached hydrogen (secondary N) is 1. The third kappa shape index (κ3) is 3.23. The molecule has 0 bridgehead atoms. The minimum atomic E-state index is -0.0405. The highest BCUT2D eigenvalue weighted by atomic mass is 16.1. The van der Waals surface area contributed by atoms with Crippen LogP contribution in [-0.2, 0) is 6.54 Å². The fraction of sp³-hybridized carbons (Fsp3) is 0.118. The second kappa shape index (κ2) is 6.13. The van der Waals surface area contributed by atoms with Crippen LogP contribution in [0.15, 0.2) is 73.3 Å². The quantitative estimate of drug-likeness (QED) is 0.766. The summed E-state index contributed by atoms with van der Waals surface area (Å²) in [6, 6.07) is 15.5. The second-order valence-corrected chi connectivity index (χ2v) is 4.81. The zero-order valence-electron chi connectivity index (χ0n) is 11.6. The van der Waals surface area contributed by atoms with Crippen molar-refractivity contribution in [2.75, 3.05) is 6.54 Å². The largest absolute Gasteiger partial charge is 0.353 e. The lowest BCUT2D eigenvalue weighted by molar-refractivity contribution is 0.0952. The SMILES string of the molecule is O=C(NCCn1cccc1)c1ccc(-n2cccc2)cc1. The van der Waals surface area contributed by atoms with Crippen molar-refractivity contribution < 1.29 is 4.79 Å². The molecule has 0 radical (unpaired) electrons. The van der Waals surface area contributed by atoms with Gasteiger partial charge < -0.3 is 14.5 Å². The molecule has 3 aromatic rings. The number of hydrogen-bond acceptors (Lipinski definition) is 1. The Kier molecular flexibility index (Phi) is 3.87. The molecule has 21 heavy (non-hydrogen) atoms. The first-order chi connectivity index (χ1) is 10.3. The van der Waals surface area contributed by atoms with Crippen molar-refractivity contribution in [1.29, 1.82) is 0 Å². The van der Waals surface area contributed by atoms with Crippen molar-refractivity contribution in [3.05, 3.63) is 78.9 Å². The summed E-state index contributed by atoms with van der Waals surface area (Å²) in [5.74, 6) is -0.0405. The van der Waals surface area contributed by atoms with Crippen LogP contribution in [0.5, 0.6) is 0 Å². The van der Waals surface area contributed by atoms with Crippen LogP contribution in [0.25, 0.3) is 5.69 Å². The second-order valence-electron chi connectivity index (χ2n) is 4.81. The zero-order chi connectivity index (χ0) is 14.5. The van der Waals surface area contributed by atoms with Gasteiger partial charge in [0.25, 0.3) is 5.91 Å². The maximum Gasteiger partial charge on any atom is 0.251 e. The Labute approximate surface area is 123 Å². The standard InChI is InChI=1S/C17H17N3O/c21-17(18-9-14-19-10-1-2-11-19)15-5-7-16(8-6-15)20-12-3-4-13-20/h1-8,10-13H,9,14H2,(H,18,21). The maximum absolute atomic E-state index is 12.0. The van der Waals surface area contributed by atoms with E-state index in [4.69, 9.17) is 0 Å². The van der Waals surface area contributed by atoms with Crippen molar-refractivity contribution in [3.63, 3.8) is 0 Å². The van der Waals surface area contributed by atoms with Gasteiger partial charge >= 0.3 is 0 Å². The summed E-state index contributed by atoms with van der Waals surface area (Å²) in [6.07, 6.45) is 7.92. The molecule has 0 fully saturated rings. The number of aromatic nitrogens is 2. The molecule has 2 heterocycles. The molecule has 3 rings (SSSR count). The summed E-state index contributed by atoms with van der Waals surface area (Å²) in [5, 5.41) is 2.92. The van der Waals surface area contributed by atoms with E-state index >= 15 is 0 Å². The summed E-state index contributed by atoms with van der Waals surface area (Å²) in [5.41, 5.74) is 1.72. The fourth-order valence-electron chi connectivity index (χ4n) is 2.21. The van der Waals surface area contributed by atoms with Crippen LogP contribution in [0.2, 0.25) is 0 Å². The van der Waals surface area contributed by atoms with E-state index in [1.807, 2.05) is 82.5 Å². The van der Waals surface area contributed by atoms with E-state index in [1.54, 1.807) is 0 Å². The molecule has 1 N–H and O–H groups in total. The normalized spacial score (nSPS) is 10.5. The van der Waals surface area contributed by atoms with Crippen molar-refractivity contribution in [2.24, 2.45) is 0 Å². The van der Waals surface area contributed by atoms with E-state index in [1.165, 1.54) is 0 Å². The number of rotatable bonds is 5. The molecule has 0 spiro atoms. The average Bonchev–Trinajstić information content (AvgIpc) is 3.21. The molecular weight excluding hydrogens is 262 g/mol. The highest BCUT2D eigenvalue weighted by molar-refractivity contribution is 5.94. The third-order valence-electron chi connectivity index (χ3n) is 3.35. The van der Waals surface area contributed by atoms with Crippen LogP contribution in [0.3, 0.4) is 0 Å². The van der Waals surface area contributed by atoms with E-state index in [0.717, 1.165) is 12.2 Å².